The van der Waals surface area contributed by atoms with E-state index in [2.05, 4.69) is 31.8 Å². The SMILES string of the molecule is CCOC(=O)COc1c(Br)cc(/C=N/NC(=O)C(NC(=O)c2ccc(C)cc2)C(C)C)cc1OC. The zero-order chi connectivity index (χ0) is 26.0. The topological polar surface area (TPSA) is 115 Å². The molecule has 0 radical (unpaired) electrons. The van der Waals surface area contributed by atoms with Crippen molar-refractivity contribution in [1.82, 2.24) is 10.7 Å². The Balaban J connectivity index is 2.06. The van der Waals surface area contributed by atoms with Gasteiger partial charge in [-0.2, -0.15) is 5.10 Å². The molecule has 0 spiro atoms. The van der Waals surface area contributed by atoms with Crippen LogP contribution in [0.25, 0.3) is 0 Å². The van der Waals surface area contributed by atoms with E-state index in [0.717, 1.165) is 5.56 Å². The zero-order valence-electron chi connectivity index (χ0n) is 20.4. The molecule has 10 heteroatoms. The third kappa shape index (κ3) is 8.40. The Morgan fingerprint density at radius 2 is 1.83 bits per heavy atom. The van der Waals surface area contributed by atoms with Gasteiger partial charge < -0.3 is 19.5 Å². The number of methoxy groups -OCH3 is 1. The van der Waals surface area contributed by atoms with Crippen molar-refractivity contribution >= 4 is 39.9 Å². The fourth-order valence-electron chi connectivity index (χ4n) is 2.99. The van der Waals surface area contributed by atoms with Crippen LogP contribution in [0.1, 0.15) is 42.3 Å². The van der Waals surface area contributed by atoms with E-state index in [0.29, 0.717) is 27.1 Å². The molecule has 9 nitrogen and oxygen atoms in total. The predicted octanol–water partition coefficient (Wildman–Crippen LogP) is 3.61. The number of hydrogen-bond donors (Lipinski definition) is 2. The summed E-state index contributed by atoms with van der Waals surface area (Å²) in [7, 11) is 1.46. The molecule has 1 unspecified atom stereocenters. The highest BCUT2D eigenvalue weighted by atomic mass is 79.9. The lowest BCUT2D eigenvalue weighted by atomic mass is 10.0. The fraction of sp³-hybridized carbons (Fsp3) is 0.360. The Kier molecular flexibility index (Phi) is 10.7. The van der Waals surface area contributed by atoms with Crippen molar-refractivity contribution in [2.75, 3.05) is 20.3 Å². The van der Waals surface area contributed by atoms with Crippen molar-refractivity contribution in [3.63, 3.8) is 0 Å². The van der Waals surface area contributed by atoms with Crippen LogP contribution in [0.5, 0.6) is 11.5 Å². The molecule has 0 aromatic heterocycles. The molecule has 0 saturated heterocycles. The summed E-state index contributed by atoms with van der Waals surface area (Å²) >= 11 is 3.39. The molecule has 0 aliphatic rings. The maximum atomic E-state index is 12.7. The number of ether oxygens (including phenoxy) is 3. The highest BCUT2D eigenvalue weighted by molar-refractivity contribution is 9.10. The molecule has 0 aliphatic carbocycles. The van der Waals surface area contributed by atoms with Crippen molar-refractivity contribution in [2.45, 2.75) is 33.7 Å². The summed E-state index contributed by atoms with van der Waals surface area (Å²) in [5.74, 6) is -0.747. The zero-order valence-corrected chi connectivity index (χ0v) is 22.0. The molecular formula is C25H30BrN3O6. The number of halogens is 1. The maximum absolute atomic E-state index is 12.7. The van der Waals surface area contributed by atoms with Crippen molar-refractivity contribution in [1.29, 1.82) is 0 Å². The van der Waals surface area contributed by atoms with Crippen molar-refractivity contribution < 1.29 is 28.6 Å². The van der Waals surface area contributed by atoms with Crippen molar-refractivity contribution in [2.24, 2.45) is 11.0 Å². The summed E-state index contributed by atoms with van der Waals surface area (Å²) in [5.41, 5.74) is 4.58. The van der Waals surface area contributed by atoms with Gasteiger partial charge in [0.2, 0.25) is 0 Å². The molecule has 2 N–H and O–H groups in total. The first kappa shape index (κ1) is 27.8. The second-order valence-electron chi connectivity index (χ2n) is 7.92. The number of hydrazone groups is 1. The minimum absolute atomic E-state index is 0.162. The fourth-order valence-corrected chi connectivity index (χ4v) is 3.57. The molecule has 0 heterocycles. The lowest BCUT2D eigenvalue weighted by Crippen LogP contribution is -2.48. The van der Waals surface area contributed by atoms with Crippen LogP contribution in [-0.2, 0) is 14.3 Å². The summed E-state index contributed by atoms with van der Waals surface area (Å²) in [4.78, 5) is 36.8. The molecule has 2 rings (SSSR count). The van der Waals surface area contributed by atoms with Crippen LogP contribution in [0.2, 0.25) is 0 Å². The Bertz CT molecular complexity index is 1070. The summed E-state index contributed by atoms with van der Waals surface area (Å²) in [6.45, 7) is 7.30. The highest BCUT2D eigenvalue weighted by Crippen LogP contribution is 2.36. The van der Waals surface area contributed by atoms with Crippen LogP contribution in [0.4, 0.5) is 0 Å². The Morgan fingerprint density at radius 1 is 1.14 bits per heavy atom. The second kappa shape index (κ2) is 13.5. The molecular weight excluding hydrogens is 518 g/mol. The Labute approximate surface area is 213 Å². The average Bonchev–Trinajstić information content (AvgIpc) is 2.81. The Morgan fingerprint density at radius 3 is 2.43 bits per heavy atom. The van der Waals surface area contributed by atoms with Gasteiger partial charge in [0.25, 0.3) is 11.8 Å². The average molecular weight is 548 g/mol. The number of aryl methyl sites for hydroxylation is 1. The van der Waals surface area contributed by atoms with Gasteiger partial charge in [-0.15, -0.1) is 0 Å². The molecule has 2 aromatic carbocycles. The smallest absolute Gasteiger partial charge is 0.344 e. The normalized spacial score (nSPS) is 11.7. The lowest BCUT2D eigenvalue weighted by Gasteiger charge is -2.20. The third-order valence-electron chi connectivity index (χ3n) is 4.83. The number of benzene rings is 2. The number of nitrogens with zero attached hydrogens (tertiary/aromatic N) is 1. The minimum atomic E-state index is -0.777. The van der Waals surface area contributed by atoms with E-state index >= 15 is 0 Å². The van der Waals surface area contributed by atoms with Crippen LogP contribution < -0.4 is 20.2 Å². The molecule has 35 heavy (non-hydrogen) atoms. The number of amides is 2. The standard InChI is InChI=1S/C25H30BrN3O6/c1-6-34-21(30)14-35-23-19(26)11-17(12-20(23)33-5)13-27-29-25(32)22(15(2)3)28-24(31)18-9-7-16(4)8-10-18/h7-13,15,22H,6,14H2,1-5H3,(H,28,31)(H,29,32)/b27-13+. The highest BCUT2D eigenvalue weighted by Gasteiger charge is 2.24. The number of rotatable bonds is 11. The maximum Gasteiger partial charge on any atom is 0.344 e. The number of esters is 1. The van der Waals surface area contributed by atoms with Gasteiger partial charge in [0, 0.05) is 5.56 Å². The van der Waals surface area contributed by atoms with Gasteiger partial charge in [0.05, 0.1) is 24.4 Å². The molecule has 0 aliphatic heterocycles. The summed E-state index contributed by atoms with van der Waals surface area (Å²) in [6.07, 6.45) is 1.43. The number of carbonyl (C=O) groups is 3. The molecule has 188 valence electrons. The van der Waals surface area contributed by atoms with Gasteiger partial charge in [-0.05, 0) is 65.5 Å². The summed E-state index contributed by atoms with van der Waals surface area (Å²) < 4.78 is 16.2. The van der Waals surface area contributed by atoms with E-state index in [4.69, 9.17) is 14.2 Å². The first-order chi connectivity index (χ1) is 16.7. The van der Waals surface area contributed by atoms with Crippen LogP contribution in [0.3, 0.4) is 0 Å². The van der Waals surface area contributed by atoms with Crippen LogP contribution >= 0.6 is 15.9 Å². The molecule has 2 aromatic rings. The quantitative estimate of drug-likeness (QED) is 0.252. The summed E-state index contributed by atoms with van der Waals surface area (Å²) in [6, 6.07) is 9.65. The van der Waals surface area contributed by atoms with Gasteiger partial charge >= 0.3 is 5.97 Å². The van der Waals surface area contributed by atoms with Gasteiger partial charge in [0.15, 0.2) is 18.1 Å². The first-order valence-corrected chi connectivity index (χ1v) is 11.8. The largest absolute Gasteiger partial charge is 0.493 e. The molecule has 2 amide bonds. The third-order valence-corrected chi connectivity index (χ3v) is 5.42. The number of hydrogen-bond acceptors (Lipinski definition) is 7. The van der Waals surface area contributed by atoms with E-state index in [1.54, 1.807) is 31.2 Å². The number of nitrogens with one attached hydrogen (secondary N) is 2. The molecule has 1 atom stereocenters. The van der Waals surface area contributed by atoms with Crippen LogP contribution in [-0.4, -0.2) is 50.4 Å². The number of carbonyl (C=O) groups excluding carboxylic acids is 3. The second-order valence-corrected chi connectivity index (χ2v) is 8.78. The van der Waals surface area contributed by atoms with Gasteiger partial charge in [0.1, 0.15) is 6.04 Å². The first-order valence-electron chi connectivity index (χ1n) is 11.0. The Hall–Kier alpha value is -3.40. The van der Waals surface area contributed by atoms with E-state index in [9.17, 15) is 14.4 Å². The van der Waals surface area contributed by atoms with Crippen molar-refractivity contribution in [3.8, 4) is 11.5 Å². The monoisotopic (exact) mass is 547 g/mol. The van der Waals surface area contributed by atoms with E-state index < -0.39 is 17.9 Å². The van der Waals surface area contributed by atoms with Gasteiger partial charge in [-0.1, -0.05) is 31.5 Å². The molecule has 0 fully saturated rings. The van der Waals surface area contributed by atoms with E-state index in [1.807, 2.05) is 32.9 Å². The van der Waals surface area contributed by atoms with Crippen LogP contribution in [0, 0.1) is 12.8 Å². The predicted molar refractivity (Wildman–Crippen MR) is 136 cm³/mol. The molecule has 0 bridgehead atoms. The lowest BCUT2D eigenvalue weighted by molar-refractivity contribution is -0.145. The molecule has 0 saturated carbocycles. The van der Waals surface area contributed by atoms with Crippen LogP contribution in [0.15, 0.2) is 46.0 Å². The summed E-state index contributed by atoms with van der Waals surface area (Å²) in [5, 5.41) is 6.77. The van der Waals surface area contributed by atoms with E-state index in [1.165, 1.54) is 13.3 Å². The van der Waals surface area contributed by atoms with Gasteiger partial charge in [-0.3, -0.25) is 9.59 Å². The minimum Gasteiger partial charge on any atom is -0.493 e. The van der Waals surface area contributed by atoms with Gasteiger partial charge in [-0.25, -0.2) is 10.2 Å². The van der Waals surface area contributed by atoms with Crippen molar-refractivity contribution in [3.05, 3.63) is 57.6 Å². The van der Waals surface area contributed by atoms with E-state index in [-0.39, 0.29) is 25.0 Å².